The van der Waals surface area contributed by atoms with Crippen molar-refractivity contribution in [1.29, 1.82) is 0 Å². The monoisotopic (exact) mass is 394 g/mol. The second-order valence-corrected chi connectivity index (χ2v) is 7.43. The van der Waals surface area contributed by atoms with E-state index in [9.17, 15) is 4.79 Å². The fraction of sp³-hybridized carbons (Fsp3) is 0.115. The van der Waals surface area contributed by atoms with E-state index in [-0.39, 0.29) is 11.9 Å². The molecule has 0 spiro atoms. The van der Waals surface area contributed by atoms with Crippen molar-refractivity contribution in [2.45, 2.75) is 6.04 Å². The average molecular weight is 394 g/mol. The minimum Gasteiger partial charge on any atom is -0.497 e. The third-order valence-electron chi connectivity index (χ3n) is 5.76. The molecule has 0 fully saturated rings. The lowest BCUT2D eigenvalue weighted by Gasteiger charge is -2.25. The van der Waals surface area contributed by atoms with Gasteiger partial charge in [0.15, 0.2) is 0 Å². The average Bonchev–Trinajstić information content (AvgIpc) is 3.30. The van der Waals surface area contributed by atoms with Crippen molar-refractivity contribution in [2.75, 3.05) is 13.7 Å². The molecule has 1 aliphatic rings. The lowest BCUT2D eigenvalue weighted by molar-refractivity contribution is 0.0771. The maximum atomic E-state index is 13.2. The molecule has 0 radical (unpaired) electrons. The molecule has 3 aromatic carbocycles. The molecule has 148 valence electrons. The molecule has 1 aliphatic heterocycles. The zero-order valence-electron chi connectivity index (χ0n) is 16.8. The van der Waals surface area contributed by atoms with Crippen LogP contribution in [0.4, 0.5) is 0 Å². The molecule has 0 saturated carbocycles. The number of rotatable bonds is 5. The first-order chi connectivity index (χ1) is 14.7. The summed E-state index contributed by atoms with van der Waals surface area (Å²) in [5, 5.41) is 1.11. The van der Waals surface area contributed by atoms with Crippen LogP contribution in [0.25, 0.3) is 22.2 Å². The summed E-state index contributed by atoms with van der Waals surface area (Å²) in [7, 11) is 1.67. The summed E-state index contributed by atoms with van der Waals surface area (Å²) in [5.41, 5.74) is 5.94. The fourth-order valence-electron chi connectivity index (χ4n) is 4.46. The summed E-state index contributed by atoms with van der Waals surface area (Å²) in [6.45, 7) is 4.37. The van der Waals surface area contributed by atoms with Crippen LogP contribution in [0.2, 0.25) is 0 Å². The number of nitrogens with one attached hydrogen (secondary N) is 1. The molecule has 5 rings (SSSR count). The smallest absolute Gasteiger partial charge is 0.255 e. The topological polar surface area (TPSA) is 45.3 Å². The standard InChI is InChI=1S/C26H22N2O2/c1-3-15-28-25(19-11-4-5-12-20(19)26(28)29)23-21-13-6-7-14-22(21)27-24(23)17-9-8-10-18(16-17)30-2/h3-14,16,25,27H,1,15H2,2H3/t25-/m0/s1. The van der Waals surface area contributed by atoms with E-state index >= 15 is 0 Å². The van der Waals surface area contributed by atoms with Crippen LogP contribution >= 0.6 is 0 Å². The van der Waals surface area contributed by atoms with Crippen LogP contribution < -0.4 is 4.74 Å². The van der Waals surface area contributed by atoms with Crippen LogP contribution in [0.3, 0.4) is 0 Å². The SMILES string of the molecule is C=CCN1C(=O)c2ccccc2[C@H]1c1c(-c2cccc(OC)c2)[nH]c2ccccc12. The minimum atomic E-state index is -0.191. The molecule has 1 amide bonds. The van der Waals surface area contributed by atoms with Crippen molar-refractivity contribution in [3.8, 4) is 17.0 Å². The van der Waals surface area contributed by atoms with Crippen molar-refractivity contribution in [3.63, 3.8) is 0 Å². The quantitative estimate of drug-likeness (QED) is 0.450. The Morgan fingerprint density at radius 1 is 1.07 bits per heavy atom. The van der Waals surface area contributed by atoms with Gasteiger partial charge in [0, 0.05) is 34.1 Å². The molecule has 0 bridgehead atoms. The van der Waals surface area contributed by atoms with E-state index in [1.54, 1.807) is 13.2 Å². The van der Waals surface area contributed by atoms with Gasteiger partial charge in [0.1, 0.15) is 5.75 Å². The first-order valence-electron chi connectivity index (χ1n) is 9.98. The van der Waals surface area contributed by atoms with Gasteiger partial charge in [-0.3, -0.25) is 4.79 Å². The number of methoxy groups -OCH3 is 1. The second kappa shape index (κ2) is 7.23. The zero-order valence-corrected chi connectivity index (χ0v) is 16.8. The van der Waals surface area contributed by atoms with E-state index in [0.717, 1.165) is 44.6 Å². The number of fused-ring (bicyclic) bond motifs is 2. The number of aromatic nitrogens is 1. The van der Waals surface area contributed by atoms with Gasteiger partial charge in [0.2, 0.25) is 0 Å². The molecule has 0 aliphatic carbocycles. The number of hydrogen-bond donors (Lipinski definition) is 1. The Kier molecular flexibility index (Phi) is 4.40. The maximum Gasteiger partial charge on any atom is 0.255 e. The lowest BCUT2D eigenvalue weighted by Crippen LogP contribution is -2.29. The van der Waals surface area contributed by atoms with Crippen molar-refractivity contribution in [2.24, 2.45) is 0 Å². The lowest BCUT2D eigenvalue weighted by atomic mass is 9.93. The number of nitrogens with zero attached hydrogens (tertiary/aromatic N) is 1. The number of hydrogen-bond acceptors (Lipinski definition) is 2. The van der Waals surface area contributed by atoms with E-state index in [0.29, 0.717) is 6.54 Å². The number of carbonyl (C=O) groups excluding carboxylic acids is 1. The van der Waals surface area contributed by atoms with Gasteiger partial charge < -0.3 is 14.6 Å². The highest BCUT2D eigenvalue weighted by atomic mass is 16.5. The summed E-state index contributed by atoms with van der Waals surface area (Å²) >= 11 is 0. The summed E-state index contributed by atoms with van der Waals surface area (Å²) in [6, 6.07) is 23.9. The van der Waals surface area contributed by atoms with Gasteiger partial charge in [0.25, 0.3) is 5.91 Å². The Morgan fingerprint density at radius 2 is 1.87 bits per heavy atom. The molecule has 1 N–H and O–H groups in total. The molecule has 1 aromatic heterocycles. The van der Waals surface area contributed by atoms with Crippen LogP contribution in [-0.4, -0.2) is 29.4 Å². The highest BCUT2D eigenvalue weighted by molar-refractivity contribution is 6.02. The van der Waals surface area contributed by atoms with E-state index in [1.165, 1.54) is 0 Å². The normalized spacial score (nSPS) is 15.4. The highest BCUT2D eigenvalue weighted by Crippen LogP contribution is 2.45. The number of para-hydroxylation sites is 1. The number of aromatic amines is 1. The highest BCUT2D eigenvalue weighted by Gasteiger charge is 2.39. The third-order valence-corrected chi connectivity index (χ3v) is 5.76. The minimum absolute atomic E-state index is 0.0392. The molecule has 2 heterocycles. The Balaban J connectivity index is 1.81. The summed E-state index contributed by atoms with van der Waals surface area (Å²) in [5.74, 6) is 0.834. The number of amides is 1. The van der Waals surface area contributed by atoms with Crippen LogP contribution in [0, 0.1) is 0 Å². The molecule has 1 atom stereocenters. The van der Waals surface area contributed by atoms with Gasteiger partial charge in [0.05, 0.1) is 18.8 Å². The third kappa shape index (κ3) is 2.72. The Bertz CT molecular complexity index is 1270. The molecule has 0 saturated heterocycles. The summed E-state index contributed by atoms with van der Waals surface area (Å²) < 4.78 is 5.46. The van der Waals surface area contributed by atoms with Crippen molar-refractivity contribution < 1.29 is 9.53 Å². The van der Waals surface area contributed by atoms with Crippen LogP contribution in [0.1, 0.15) is 27.5 Å². The Morgan fingerprint density at radius 3 is 2.70 bits per heavy atom. The van der Waals surface area contributed by atoms with E-state index in [2.05, 4.69) is 35.8 Å². The Hall–Kier alpha value is -3.79. The van der Waals surface area contributed by atoms with E-state index in [4.69, 9.17) is 4.74 Å². The molecule has 30 heavy (non-hydrogen) atoms. The first-order valence-corrected chi connectivity index (χ1v) is 9.98. The number of ether oxygens (including phenoxy) is 1. The van der Waals surface area contributed by atoms with Crippen LogP contribution in [0.5, 0.6) is 5.75 Å². The predicted octanol–water partition coefficient (Wildman–Crippen LogP) is 5.57. The maximum absolute atomic E-state index is 13.2. The number of benzene rings is 3. The van der Waals surface area contributed by atoms with Gasteiger partial charge in [-0.1, -0.05) is 54.6 Å². The van der Waals surface area contributed by atoms with Gasteiger partial charge in [-0.2, -0.15) is 0 Å². The molecule has 0 unspecified atom stereocenters. The molecular weight excluding hydrogens is 372 g/mol. The number of H-pyrrole nitrogens is 1. The first kappa shape index (κ1) is 18.3. The van der Waals surface area contributed by atoms with Gasteiger partial charge in [-0.25, -0.2) is 0 Å². The van der Waals surface area contributed by atoms with Gasteiger partial charge in [-0.15, -0.1) is 6.58 Å². The molecule has 4 aromatic rings. The second-order valence-electron chi connectivity index (χ2n) is 7.43. The van der Waals surface area contributed by atoms with Gasteiger partial charge >= 0.3 is 0 Å². The largest absolute Gasteiger partial charge is 0.497 e. The number of carbonyl (C=O) groups is 1. The zero-order chi connectivity index (χ0) is 20.7. The Labute approximate surface area is 175 Å². The van der Waals surface area contributed by atoms with Gasteiger partial charge in [-0.05, 0) is 29.8 Å². The summed E-state index contributed by atoms with van der Waals surface area (Å²) in [4.78, 5) is 18.7. The van der Waals surface area contributed by atoms with E-state index in [1.807, 2.05) is 53.4 Å². The fourth-order valence-corrected chi connectivity index (χ4v) is 4.46. The van der Waals surface area contributed by atoms with Crippen molar-refractivity contribution >= 4 is 16.8 Å². The summed E-state index contributed by atoms with van der Waals surface area (Å²) in [6.07, 6.45) is 1.79. The molecule has 4 nitrogen and oxygen atoms in total. The van der Waals surface area contributed by atoms with E-state index < -0.39 is 0 Å². The molecule has 4 heteroatoms. The molecular formula is C26H22N2O2. The van der Waals surface area contributed by atoms with Crippen molar-refractivity contribution in [1.82, 2.24) is 9.88 Å². The van der Waals surface area contributed by atoms with Crippen LogP contribution in [-0.2, 0) is 0 Å². The predicted molar refractivity (Wildman–Crippen MR) is 120 cm³/mol. The van der Waals surface area contributed by atoms with Crippen LogP contribution in [0.15, 0.2) is 85.5 Å². The van der Waals surface area contributed by atoms with Crippen molar-refractivity contribution in [3.05, 3.63) is 102 Å².